The minimum Gasteiger partial charge on any atom is -0.479 e. The molecule has 8 heteroatoms. The highest BCUT2D eigenvalue weighted by molar-refractivity contribution is 5.78. The van der Waals surface area contributed by atoms with Gasteiger partial charge in [-0.15, -0.1) is 0 Å². The molecule has 0 saturated carbocycles. The molecule has 2 aliphatic rings. The maximum absolute atomic E-state index is 12.5. The summed E-state index contributed by atoms with van der Waals surface area (Å²) in [5.74, 6) is -1.03. The molecule has 0 spiro atoms. The van der Waals surface area contributed by atoms with Gasteiger partial charge in [0.25, 0.3) is 0 Å². The SMILES string of the molecule is CC(=O)N1CCCN(C(=O)N2CCOC(C(=O)O)C2)CC1. The average Bonchev–Trinajstić information content (AvgIpc) is 2.72. The quantitative estimate of drug-likeness (QED) is 0.701. The summed E-state index contributed by atoms with van der Waals surface area (Å²) in [4.78, 5) is 39.7. The summed E-state index contributed by atoms with van der Waals surface area (Å²) >= 11 is 0. The van der Waals surface area contributed by atoms with E-state index >= 15 is 0 Å². The maximum atomic E-state index is 12.5. The highest BCUT2D eigenvalue weighted by Gasteiger charge is 2.31. The van der Waals surface area contributed by atoms with Crippen molar-refractivity contribution >= 4 is 17.9 Å². The summed E-state index contributed by atoms with van der Waals surface area (Å²) in [6, 6.07) is -0.171. The van der Waals surface area contributed by atoms with Gasteiger partial charge in [-0.1, -0.05) is 0 Å². The third-order valence-corrected chi connectivity index (χ3v) is 3.82. The molecule has 21 heavy (non-hydrogen) atoms. The molecule has 2 aliphatic heterocycles. The molecule has 0 bridgehead atoms. The summed E-state index contributed by atoms with van der Waals surface area (Å²) in [5, 5.41) is 8.97. The van der Waals surface area contributed by atoms with Gasteiger partial charge in [-0.25, -0.2) is 9.59 Å². The smallest absolute Gasteiger partial charge is 0.334 e. The first-order valence-corrected chi connectivity index (χ1v) is 7.13. The van der Waals surface area contributed by atoms with Crippen LogP contribution in [0.1, 0.15) is 13.3 Å². The monoisotopic (exact) mass is 299 g/mol. The Morgan fingerprint density at radius 1 is 1.00 bits per heavy atom. The minimum absolute atomic E-state index is 0.0154. The van der Waals surface area contributed by atoms with Crippen molar-refractivity contribution in [3.63, 3.8) is 0 Å². The second-order valence-electron chi connectivity index (χ2n) is 5.27. The fourth-order valence-corrected chi connectivity index (χ4v) is 2.60. The predicted octanol–water partition coefficient (Wildman–Crippen LogP) is -0.554. The molecule has 1 unspecified atom stereocenters. The summed E-state index contributed by atoms with van der Waals surface area (Å²) in [6.45, 7) is 4.46. The van der Waals surface area contributed by atoms with Gasteiger partial charge in [0.15, 0.2) is 6.10 Å². The Morgan fingerprint density at radius 2 is 1.67 bits per heavy atom. The molecule has 8 nitrogen and oxygen atoms in total. The highest BCUT2D eigenvalue weighted by atomic mass is 16.5. The molecular formula is C13H21N3O5. The van der Waals surface area contributed by atoms with Gasteiger partial charge in [-0.3, -0.25) is 4.79 Å². The van der Waals surface area contributed by atoms with Gasteiger partial charge in [0, 0.05) is 39.6 Å². The van der Waals surface area contributed by atoms with Crippen molar-refractivity contribution in [1.29, 1.82) is 0 Å². The molecule has 2 heterocycles. The summed E-state index contributed by atoms with van der Waals surface area (Å²) < 4.78 is 5.12. The number of carboxylic acid groups (broad SMARTS) is 1. The maximum Gasteiger partial charge on any atom is 0.334 e. The number of nitrogens with zero attached hydrogens (tertiary/aromatic N) is 3. The van der Waals surface area contributed by atoms with Crippen LogP contribution in [0.3, 0.4) is 0 Å². The lowest BCUT2D eigenvalue weighted by atomic mass is 10.3. The number of carbonyl (C=O) groups is 3. The number of hydrogen-bond donors (Lipinski definition) is 1. The fraction of sp³-hybridized carbons (Fsp3) is 0.769. The van der Waals surface area contributed by atoms with Crippen molar-refractivity contribution in [1.82, 2.24) is 14.7 Å². The van der Waals surface area contributed by atoms with E-state index in [2.05, 4.69) is 0 Å². The van der Waals surface area contributed by atoms with Crippen molar-refractivity contribution in [3.8, 4) is 0 Å². The van der Waals surface area contributed by atoms with Crippen LogP contribution in [0.15, 0.2) is 0 Å². The van der Waals surface area contributed by atoms with Crippen molar-refractivity contribution in [2.45, 2.75) is 19.4 Å². The Kier molecular flexibility index (Phi) is 5.00. The predicted molar refractivity (Wildman–Crippen MR) is 72.8 cm³/mol. The van der Waals surface area contributed by atoms with Crippen LogP contribution in [0.25, 0.3) is 0 Å². The largest absolute Gasteiger partial charge is 0.479 e. The van der Waals surface area contributed by atoms with Crippen LogP contribution in [-0.4, -0.2) is 89.7 Å². The zero-order valence-corrected chi connectivity index (χ0v) is 12.2. The number of rotatable bonds is 1. The molecule has 0 radical (unpaired) electrons. The molecule has 0 aromatic rings. The topological polar surface area (TPSA) is 90.4 Å². The molecule has 2 saturated heterocycles. The van der Waals surface area contributed by atoms with E-state index in [1.807, 2.05) is 0 Å². The average molecular weight is 299 g/mol. The van der Waals surface area contributed by atoms with Crippen molar-refractivity contribution < 1.29 is 24.2 Å². The molecule has 0 aromatic carbocycles. The van der Waals surface area contributed by atoms with Crippen LogP contribution in [0.5, 0.6) is 0 Å². The number of aliphatic carboxylic acids is 1. The number of hydrogen-bond acceptors (Lipinski definition) is 4. The zero-order chi connectivity index (χ0) is 15.4. The molecule has 118 valence electrons. The third kappa shape index (κ3) is 3.84. The van der Waals surface area contributed by atoms with Crippen molar-refractivity contribution in [2.24, 2.45) is 0 Å². The summed E-state index contributed by atoms with van der Waals surface area (Å²) in [5.41, 5.74) is 0. The molecule has 2 fully saturated rings. The van der Waals surface area contributed by atoms with Gasteiger partial charge in [-0.05, 0) is 6.42 Å². The number of amides is 3. The second kappa shape index (κ2) is 6.75. The minimum atomic E-state index is -1.05. The first-order chi connectivity index (χ1) is 9.99. The van der Waals surface area contributed by atoms with E-state index in [1.54, 1.807) is 9.80 Å². The zero-order valence-electron chi connectivity index (χ0n) is 12.2. The van der Waals surface area contributed by atoms with Crippen molar-refractivity contribution in [3.05, 3.63) is 0 Å². The standard InChI is InChI=1S/C13H21N3O5/c1-10(17)14-3-2-4-15(6-5-14)13(20)16-7-8-21-11(9-16)12(18)19/h11H,2-9H2,1H3,(H,18,19). The lowest BCUT2D eigenvalue weighted by Crippen LogP contribution is -2.53. The Bertz CT molecular complexity index is 428. The molecule has 0 aliphatic carbocycles. The molecule has 3 amide bonds. The molecule has 1 N–H and O–H groups in total. The number of urea groups is 1. The first-order valence-electron chi connectivity index (χ1n) is 7.13. The van der Waals surface area contributed by atoms with Gasteiger partial charge in [0.2, 0.25) is 5.91 Å². The fourth-order valence-electron chi connectivity index (χ4n) is 2.60. The number of ether oxygens (including phenoxy) is 1. The summed E-state index contributed by atoms with van der Waals surface area (Å²) in [7, 11) is 0. The number of morpholine rings is 1. The van der Waals surface area contributed by atoms with E-state index in [-0.39, 0.29) is 25.1 Å². The Labute approximate surface area is 123 Å². The van der Waals surface area contributed by atoms with E-state index < -0.39 is 12.1 Å². The van der Waals surface area contributed by atoms with E-state index in [4.69, 9.17) is 9.84 Å². The number of carboxylic acids is 1. The second-order valence-corrected chi connectivity index (χ2v) is 5.27. The van der Waals surface area contributed by atoms with Crippen molar-refractivity contribution in [2.75, 3.05) is 45.9 Å². The first kappa shape index (κ1) is 15.6. The van der Waals surface area contributed by atoms with E-state index in [9.17, 15) is 14.4 Å². The molecular weight excluding hydrogens is 278 g/mol. The molecule has 0 aromatic heterocycles. The van der Waals surface area contributed by atoms with E-state index in [1.165, 1.54) is 11.8 Å². The van der Waals surface area contributed by atoms with Crippen LogP contribution in [-0.2, 0) is 14.3 Å². The van der Waals surface area contributed by atoms with Gasteiger partial charge < -0.3 is 24.5 Å². The van der Waals surface area contributed by atoms with E-state index in [0.717, 1.165) is 6.42 Å². The van der Waals surface area contributed by atoms with Crippen LogP contribution < -0.4 is 0 Å². The van der Waals surface area contributed by atoms with Crippen LogP contribution in [0.4, 0.5) is 4.79 Å². The Hall–Kier alpha value is -1.83. The Balaban J connectivity index is 1.93. The normalized spacial score (nSPS) is 23.7. The Morgan fingerprint density at radius 3 is 2.33 bits per heavy atom. The third-order valence-electron chi connectivity index (χ3n) is 3.82. The molecule has 1 atom stereocenters. The van der Waals surface area contributed by atoms with Gasteiger partial charge in [0.1, 0.15) is 0 Å². The summed E-state index contributed by atoms with van der Waals surface area (Å²) in [6.07, 6.45) is -0.221. The molecule has 2 rings (SSSR count). The van der Waals surface area contributed by atoms with E-state index in [0.29, 0.717) is 32.7 Å². The highest BCUT2D eigenvalue weighted by Crippen LogP contribution is 2.11. The van der Waals surface area contributed by atoms with Crippen LogP contribution in [0, 0.1) is 0 Å². The van der Waals surface area contributed by atoms with Gasteiger partial charge in [-0.2, -0.15) is 0 Å². The lowest BCUT2D eigenvalue weighted by molar-refractivity contribution is -0.154. The van der Waals surface area contributed by atoms with Gasteiger partial charge in [0.05, 0.1) is 13.2 Å². The van der Waals surface area contributed by atoms with Crippen LogP contribution in [0.2, 0.25) is 0 Å². The van der Waals surface area contributed by atoms with Gasteiger partial charge >= 0.3 is 12.0 Å². The number of carbonyl (C=O) groups excluding carboxylic acids is 2. The lowest BCUT2D eigenvalue weighted by Gasteiger charge is -2.34. The van der Waals surface area contributed by atoms with Crippen LogP contribution >= 0.6 is 0 Å².